The van der Waals surface area contributed by atoms with Crippen LogP contribution in [0, 0.1) is 19.7 Å². The van der Waals surface area contributed by atoms with Gasteiger partial charge >= 0.3 is 5.63 Å². The predicted octanol–water partition coefficient (Wildman–Crippen LogP) is 2.25. The van der Waals surface area contributed by atoms with Crippen LogP contribution in [-0.4, -0.2) is 5.11 Å². The number of aryl methyl sites for hydroxylation is 2. The highest BCUT2D eigenvalue weighted by molar-refractivity contribution is 5.87. The summed E-state index contributed by atoms with van der Waals surface area (Å²) in [6.45, 7) is 3.18. The molecule has 2 aromatic rings. The summed E-state index contributed by atoms with van der Waals surface area (Å²) in [4.78, 5) is 11.1. The van der Waals surface area contributed by atoms with Crippen molar-refractivity contribution in [2.75, 3.05) is 0 Å². The minimum atomic E-state index is -1.01. The highest BCUT2D eigenvalue weighted by Crippen LogP contribution is 2.29. The Hall–Kier alpha value is -1.84. The molecule has 0 saturated carbocycles. The topological polar surface area (TPSA) is 50.4 Å². The maximum absolute atomic E-state index is 13.2. The fraction of sp³-hybridized carbons (Fsp3) is 0.182. The first-order valence-corrected chi connectivity index (χ1v) is 4.43. The molecule has 0 atom stereocenters. The molecule has 0 radical (unpaired) electrons. The number of hydrogen-bond donors (Lipinski definition) is 1. The Morgan fingerprint density at radius 2 is 2.00 bits per heavy atom. The molecule has 0 aliphatic heterocycles. The molecule has 0 aliphatic carbocycles. The van der Waals surface area contributed by atoms with Crippen molar-refractivity contribution < 1.29 is 13.9 Å². The first kappa shape index (κ1) is 9.71. The minimum Gasteiger partial charge on any atom is -0.507 e. The van der Waals surface area contributed by atoms with Gasteiger partial charge in [-0.2, -0.15) is 4.39 Å². The van der Waals surface area contributed by atoms with Gasteiger partial charge in [-0.25, -0.2) is 4.79 Å². The molecule has 15 heavy (non-hydrogen) atoms. The Labute approximate surface area is 84.8 Å². The van der Waals surface area contributed by atoms with Crippen LogP contribution in [0.15, 0.2) is 21.3 Å². The molecule has 1 heterocycles. The van der Waals surface area contributed by atoms with Crippen LogP contribution < -0.4 is 5.63 Å². The summed E-state index contributed by atoms with van der Waals surface area (Å²) in [6, 6.07) is 3.08. The van der Waals surface area contributed by atoms with Crippen molar-refractivity contribution >= 4 is 11.0 Å². The van der Waals surface area contributed by atoms with E-state index >= 15 is 0 Å². The van der Waals surface area contributed by atoms with Crippen LogP contribution in [-0.2, 0) is 0 Å². The van der Waals surface area contributed by atoms with E-state index in [0.717, 1.165) is 5.56 Å². The lowest BCUT2D eigenvalue weighted by Crippen LogP contribution is -2.07. The maximum atomic E-state index is 13.2. The molecule has 78 valence electrons. The Morgan fingerprint density at radius 1 is 1.33 bits per heavy atom. The molecule has 1 aromatic heterocycles. The van der Waals surface area contributed by atoms with Gasteiger partial charge in [-0.1, -0.05) is 0 Å². The van der Waals surface area contributed by atoms with Crippen molar-refractivity contribution in [1.82, 2.24) is 0 Å². The standard InChI is InChI=1S/C11H9FO3/c1-5-3-7(13)9-6(2)10(12)11(14)15-8(9)4-5/h3-4,13H,1-2H3. The quantitative estimate of drug-likeness (QED) is 0.675. The molecule has 1 N–H and O–H groups in total. The van der Waals surface area contributed by atoms with E-state index in [1.54, 1.807) is 13.0 Å². The van der Waals surface area contributed by atoms with E-state index in [2.05, 4.69) is 0 Å². The second kappa shape index (κ2) is 3.08. The number of phenolic OH excluding ortho intramolecular Hbond substituents is 1. The molecule has 4 heteroatoms. The first-order valence-electron chi connectivity index (χ1n) is 4.43. The Balaban J connectivity index is 3.05. The second-order valence-electron chi connectivity index (χ2n) is 3.49. The molecule has 0 saturated heterocycles. The highest BCUT2D eigenvalue weighted by atomic mass is 19.1. The lowest BCUT2D eigenvalue weighted by molar-refractivity contribution is 0.465. The molecule has 0 fully saturated rings. The average molecular weight is 208 g/mol. The van der Waals surface area contributed by atoms with E-state index in [1.807, 2.05) is 0 Å². The van der Waals surface area contributed by atoms with Gasteiger partial charge in [-0.15, -0.1) is 0 Å². The fourth-order valence-corrected chi connectivity index (χ4v) is 1.60. The van der Waals surface area contributed by atoms with Gasteiger partial charge in [0.15, 0.2) is 0 Å². The number of aromatic hydroxyl groups is 1. The molecule has 3 nitrogen and oxygen atoms in total. The van der Waals surface area contributed by atoms with Crippen LogP contribution in [0.4, 0.5) is 4.39 Å². The predicted molar refractivity (Wildman–Crippen MR) is 53.6 cm³/mol. The molecular weight excluding hydrogens is 199 g/mol. The summed E-state index contributed by atoms with van der Waals surface area (Å²) >= 11 is 0. The molecular formula is C11H9FO3. The molecule has 2 rings (SSSR count). The zero-order valence-electron chi connectivity index (χ0n) is 8.30. The summed E-state index contributed by atoms with van der Waals surface area (Å²) < 4.78 is 18.0. The summed E-state index contributed by atoms with van der Waals surface area (Å²) in [5.41, 5.74) is 0.0503. The van der Waals surface area contributed by atoms with Crippen molar-refractivity contribution in [1.29, 1.82) is 0 Å². The number of benzene rings is 1. The minimum absolute atomic E-state index is 0.0786. The van der Waals surface area contributed by atoms with Gasteiger partial charge in [0.05, 0.1) is 5.39 Å². The normalized spacial score (nSPS) is 10.9. The van der Waals surface area contributed by atoms with Gasteiger partial charge in [-0.05, 0) is 31.5 Å². The van der Waals surface area contributed by atoms with Gasteiger partial charge in [0.25, 0.3) is 0 Å². The van der Waals surface area contributed by atoms with Crippen molar-refractivity contribution in [2.24, 2.45) is 0 Å². The Bertz CT molecular complexity index is 599. The smallest absolute Gasteiger partial charge is 0.372 e. The van der Waals surface area contributed by atoms with Crippen LogP contribution in [0.2, 0.25) is 0 Å². The molecule has 1 aromatic carbocycles. The highest BCUT2D eigenvalue weighted by Gasteiger charge is 2.13. The van der Waals surface area contributed by atoms with Crippen molar-refractivity contribution in [2.45, 2.75) is 13.8 Å². The number of halogens is 1. The first-order chi connectivity index (χ1) is 7.00. The number of hydrogen-bond acceptors (Lipinski definition) is 3. The molecule has 0 bridgehead atoms. The van der Waals surface area contributed by atoms with E-state index in [4.69, 9.17) is 4.42 Å². The summed E-state index contributed by atoms with van der Waals surface area (Å²) in [5.74, 6) is -1.04. The third-order valence-electron chi connectivity index (χ3n) is 2.31. The van der Waals surface area contributed by atoms with Crippen LogP contribution in [0.5, 0.6) is 5.75 Å². The Morgan fingerprint density at radius 3 is 2.67 bits per heavy atom. The lowest BCUT2D eigenvalue weighted by atomic mass is 10.1. The maximum Gasteiger partial charge on any atom is 0.372 e. The van der Waals surface area contributed by atoms with Crippen LogP contribution in [0.1, 0.15) is 11.1 Å². The van der Waals surface area contributed by atoms with E-state index in [0.29, 0.717) is 0 Å². The molecule has 0 spiro atoms. The zero-order valence-corrected chi connectivity index (χ0v) is 8.30. The van der Waals surface area contributed by atoms with Gasteiger partial charge in [-0.3, -0.25) is 0 Å². The van der Waals surface area contributed by atoms with Gasteiger partial charge in [0.2, 0.25) is 5.82 Å². The number of fused-ring (bicyclic) bond motifs is 1. The lowest BCUT2D eigenvalue weighted by Gasteiger charge is -2.05. The number of phenols is 1. The van der Waals surface area contributed by atoms with E-state index < -0.39 is 11.4 Å². The van der Waals surface area contributed by atoms with Crippen molar-refractivity contribution in [3.8, 4) is 5.75 Å². The largest absolute Gasteiger partial charge is 0.507 e. The van der Waals surface area contributed by atoms with Gasteiger partial charge < -0.3 is 9.52 Å². The monoisotopic (exact) mass is 208 g/mol. The van der Waals surface area contributed by atoms with E-state index in [1.165, 1.54) is 13.0 Å². The number of rotatable bonds is 0. The van der Waals surface area contributed by atoms with Crippen LogP contribution >= 0.6 is 0 Å². The van der Waals surface area contributed by atoms with E-state index in [-0.39, 0.29) is 22.3 Å². The third-order valence-corrected chi connectivity index (χ3v) is 2.31. The zero-order chi connectivity index (χ0) is 11.2. The summed E-state index contributed by atoms with van der Waals surface area (Å²) in [5, 5.41) is 9.87. The average Bonchev–Trinajstić information content (AvgIpc) is 2.13. The van der Waals surface area contributed by atoms with Crippen LogP contribution in [0.3, 0.4) is 0 Å². The molecule has 0 aliphatic rings. The van der Waals surface area contributed by atoms with Gasteiger partial charge in [0, 0.05) is 5.56 Å². The molecule has 0 unspecified atom stereocenters. The van der Waals surface area contributed by atoms with E-state index in [9.17, 15) is 14.3 Å². The molecule has 0 amide bonds. The summed E-state index contributed by atoms with van der Waals surface area (Å²) in [6.07, 6.45) is 0. The fourth-order valence-electron chi connectivity index (χ4n) is 1.60. The Kier molecular flexibility index (Phi) is 2.00. The second-order valence-corrected chi connectivity index (χ2v) is 3.49. The SMILES string of the molecule is Cc1cc(O)c2c(C)c(F)c(=O)oc2c1. The van der Waals surface area contributed by atoms with Crippen molar-refractivity contribution in [3.05, 3.63) is 39.5 Å². The third kappa shape index (κ3) is 1.38. The van der Waals surface area contributed by atoms with Crippen LogP contribution in [0.25, 0.3) is 11.0 Å². The van der Waals surface area contributed by atoms with Crippen molar-refractivity contribution in [3.63, 3.8) is 0 Å². The summed E-state index contributed by atoms with van der Waals surface area (Å²) in [7, 11) is 0. The van der Waals surface area contributed by atoms with Gasteiger partial charge in [0.1, 0.15) is 11.3 Å².